The van der Waals surface area contributed by atoms with Crippen LogP contribution in [0.5, 0.6) is 0 Å². The molecular formula is C14H30N2. The van der Waals surface area contributed by atoms with E-state index in [0.717, 1.165) is 6.54 Å². The molecule has 0 spiro atoms. The Balaban J connectivity index is 2.45. The number of hydrogen-bond acceptors (Lipinski definition) is 2. The third kappa shape index (κ3) is 4.06. The smallest absolute Gasteiger partial charge is 0.00499 e. The van der Waals surface area contributed by atoms with Crippen molar-refractivity contribution in [2.75, 3.05) is 26.2 Å². The van der Waals surface area contributed by atoms with Gasteiger partial charge in [-0.1, -0.05) is 39.5 Å². The van der Waals surface area contributed by atoms with E-state index in [1.165, 1.54) is 64.6 Å². The summed E-state index contributed by atoms with van der Waals surface area (Å²) in [4.78, 5) is 2.61. The first-order valence-corrected chi connectivity index (χ1v) is 7.19. The van der Waals surface area contributed by atoms with Gasteiger partial charge in [0.1, 0.15) is 0 Å². The highest BCUT2D eigenvalue weighted by Crippen LogP contribution is 2.36. The van der Waals surface area contributed by atoms with Gasteiger partial charge in [-0.15, -0.1) is 0 Å². The van der Waals surface area contributed by atoms with E-state index < -0.39 is 0 Å². The summed E-state index contributed by atoms with van der Waals surface area (Å²) in [5, 5.41) is 0. The molecule has 2 nitrogen and oxygen atoms in total. The fraction of sp³-hybridized carbons (Fsp3) is 1.00. The molecule has 0 atom stereocenters. The molecule has 0 aromatic carbocycles. The number of hydrogen-bond donors (Lipinski definition) is 1. The molecular weight excluding hydrogens is 196 g/mol. The molecule has 0 radical (unpaired) electrons. The zero-order valence-corrected chi connectivity index (χ0v) is 11.3. The molecule has 0 bridgehead atoms. The standard InChI is InChI=1S/C14H30N2/c1-3-5-11-16(4-2)13-14(12-15)9-7-6-8-10-14/h3-13,15H2,1-2H3. The van der Waals surface area contributed by atoms with Crippen LogP contribution in [-0.4, -0.2) is 31.1 Å². The van der Waals surface area contributed by atoms with Crippen molar-refractivity contribution in [3.05, 3.63) is 0 Å². The van der Waals surface area contributed by atoms with Crippen molar-refractivity contribution < 1.29 is 0 Å². The van der Waals surface area contributed by atoms with Gasteiger partial charge in [-0.25, -0.2) is 0 Å². The molecule has 2 heteroatoms. The normalized spacial score (nSPS) is 20.2. The minimum Gasteiger partial charge on any atom is -0.330 e. The van der Waals surface area contributed by atoms with E-state index >= 15 is 0 Å². The summed E-state index contributed by atoms with van der Waals surface area (Å²) in [5.41, 5.74) is 6.49. The first kappa shape index (κ1) is 14.0. The maximum absolute atomic E-state index is 6.04. The van der Waals surface area contributed by atoms with Crippen molar-refractivity contribution in [1.29, 1.82) is 0 Å². The van der Waals surface area contributed by atoms with Crippen LogP contribution in [-0.2, 0) is 0 Å². The second-order valence-electron chi connectivity index (χ2n) is 5.49. The van der Waals surface area contributed by atoms with Gasteiger partial charge >= 0.3 is 0 Å². The molecule has 0 aliphatic heterocycles. The van der Waals surface area contributed by atoms with Crippen LogP contribution in [0.3, 0.4) is 0 Å². The Hall–Kier alpha value is -0.0800. The van der Waals surface area contributed by atoms with Gasteiger partial charge in [0.15, 0.2) is 0 Å². The van der Waals surface area contributed by atoms with Crippen LogP contribution in [0, 0.1) is 5.41 Å². The highest BCUT2D eigenvalue weighted by atomic mass is 15.1. The molecule has 16 heavy (non-hydrogen) atoms. The van der Waals surface area contributed by atoms with Gasteiger partial charge in [0.25, 0.3) is 0 Å². The third-order valence-corrected chi connectivity index (χ3v) is 4.18. The first-order valence-electron chi connectivity index (χ1n) is 7.19. The van der Waals surface area contributed by atoms with E-state index in [2.05, 4.69) is 18.7 Å². The molecule has 1 aliphatic carbocycles. The van der Waals surface area contributed by atoms with Crippen LogP contribution in [0.2, 0.25) is 0 Å². The Labute approximate surface area is 102 Å². The second kappa shape index (κ2) is 7.29. The predicted molar refractivity (Wildman–Crippen MR) is 71.6 cm³/mol. The minimum atomic E-state index is 0.446. The summed E-state index contributed by atoms with van der Waals surface area (Å²) in [7, 11) is 0. The Kier molecular flexibility index (Phi) is 6.37. The molecule has 0 aromatic rings. The summed E-state index contributed by atoms with van der Waals surface area (Å²) in [6, 6.07) is 0. The fourth-order valence-electron chi connectivity index (χ4n) is 2.93. The SMILES string of the molecule is CCCCN(CC)CC1(CN)CCCCC1. The number of unbranched alkanes of at least 4 members (excludes halogenated alkanes) is 1. The summed E-state index contributed by atoms with van der Waals surface area (Å²) < 4.78 is 0. The summed E-state index contributed by atoms with van der Waals surface area (Å²) >= 11 is 0. The Bertz CT molecular complexity index is 174. The summed E-state index contributed by atoms with van der Waals surface area (Å²) in [6.07, 6.45) is 9.53. The quantitative estimate of drug-likeness (QED) is 0.723. The second-order valence-corrected chi connectivity index (χ2v) is 5.49. The molecule has 1 aliphatic rings. The molecule has 0 heterocycles. The molecule has 0 aromatic heterocycles. The molecule has 1 saturated carbocycles. The van der Waals surface area contributed by atoms with Gasteiger partial charge in [0.05, 0.1) is 0 Å². The van der Waals surface area contributed by atoms with E-state index in [0.29, 0.717) is 5.41 Å². The van der Waals surface area contributed by atoms with Crippen molar-refractivity contribution >= 4 is 0 Å². The molecule has 0 amide bonds. The average Bonchev–Trinajstić information content (AvgIpc) is 2.35. The Morgan fingerprint density at radius 3 is 2.31 bits per heavy atom. The maximum Gasteiger partial charge on any atom is 0.00499 e. The lowest BCUT2D eigenvalue weighted by atomic mass is 9.73. The van der Waals surface area contributed by atoms with Gasteiger partial charge in [-0.3, -0.25) is 0 Å². The first-order chi connectivity index (χ1) is 7.76. The Morgan fingerprint density at radius 1 is 1.12 bits per heavy atom. The van der Waals surface area contributed by atoms with Crippen LogP contribution >= 0.6 is 0 Å². The topological polar surface area (TPSA) is 29.3 Å². The third-order valence-electron chi connectivity index (χ3n) is 4.18. The molecule has 0 saturated heterocycles. The van der Waals surface area contributed by atoms with Gasteiger partial charge in [0.2, 0.25) is 0 Å². The van der Waals surface area contributed by atoms with Gasteiger partial charge in [-0.05, 0) is 44.3 Å². The van der Waals surface area contributed by atoms with E-state index in [4.69, 9.17) is 5.73 Å². The zero-order valence-electron chi connectivity index (χ0n) is 11.3. The van der Waals surface area contributed by atoms with Crippen LogP contribution in [0.4, 0.5) is 0 Å². The number of nitrogens with zero attached hydrogens (tertiary/aromatic N) is 1. The highest BCUT2D eigenvalue weighted by Gasteiger charge is 2.31. The van der Waals surface area contributed by atoms with Crippen LogP contribution < -0.4 is 5.73 Å². The average molecular weight is 226 g/mol. The summed E-state index contributed by atoms with van der Waals surface area (Å²) in [5.74, 6) is 0. The van der Waals surface area contributed by atoms with Crippen molar-refractivity contribution in [2.45, 2.75) is 58.8 Å². The zero-order chi connectivity index (χ0) is 11.9. The number of nitrogens with two attached hydrogens (primary N) is 1. The molecule has 2 N–H and O–H groups in total. The van der Waals surface area contributed by atoms with E-state index in [-0.39, 0.29) is 0 Å². The number of rotatable bonds is 7. The van der Waals surface area contributed by atoms with Crippen molar-refractivity contribution in [2.24, 2.45) is 11.1 Å². The largest absolute Gasteiger partial charge is 0.330 e. The fourth-order valence-corrected chi connectivity index (χ4v) is 2.93. The predicted octanol–water partition coefficient (Wildman–Crippen LogP) is 3.02. The van der Waals surface area contributed by atoms with Gasteiger partial charge in [-0.2, -0.15) is 0 Å². The molecule has 1 rings (SSSR count). The van der Waals surface area contributed by atoms with E-state index in [1.807, 2.05) is 0 Å². The molecule has 1 fully saturated rings. The van der Waals surface area contributed by atoms with Crippen LogP contribution in [0.25, 0.3) is 0 Å². The Morgan fingerprint density at radius 2 is 1.81 bits per heavy atom. The van der Waals surface area contributed by atoms with Crippen LogP contribution in [0.1, 0.15) is 58.8 Å². The lowest BCUT2D eigenvalue weighted by Crippen LogP contribution is -2.44. The summed E-state index contributed by atoms with van der Waals surface area (Å²) in [6.45, 7) is 9.11. The monoisotopic (exact) mass is 226 g/mol. The highest BCUT2D eigenvalue weighted by molar-refractivity contribution is 4.86. The minimum absolute atomic E-state index is 0.446. The van der Waals surface area contributed by atoms with Crippen molar-refractivity contribution in [1.82, 2.24) is 4.90 Å². The van der Waals surface area contributed by atoms with E-state index in [1.54, 1.807) is 0 Å². The molecule has 0 unspecified atom stereocenters. The van der Waals surface area contributed by atoms with Crippen molar-refractivity contribution in [3.8, 4) is 0 Å². The lowest BCUT2D eigenvalue weighted by molar-refractivity contribution is 0.114. The van der Waals surface area contributed by atoms with Gasteiger partial charge in [0, 0.05) is 6.54 Å². The van der Waals surface area contributed by atoms with Crippen LogP contribution in [0.15, 0.2) is 0 Å². The van der Waals surface area contributed by atoms with E-state index in [9.17, 15) is 0 Å². The molecule has 96 valence electrons. The maximum atomic E-state index is 6.04. The van der Waals surface area contributed by atoms with Crippen molar-refractivity contribution in [3.63, 3.8) is 0 Å². The lowest BCUT2D eigenvalue weighted by Gasteiger charge is -2.40. The van der Waals surface area contributed by atoms with Gasteiger partial charge < -0.3 is 10.6 Å².